The van der Waals surface area contributed by atoms with Crippen molar-refractivity contribution in [2.45, 2.75) is 32.1 Å². The predicted octanol–water partition coefficient (Wildman–Crippen LogP) is 3.35. The van der Waals surface area contributed by atoms with E-state index in [1.54, 1.807) is 6.07 Å². The summed E-state index contributed by atoms with van der Waals surface area (Å²) in [4.78, 5) is 13.9. The van der Waals surface area contributed by atoms with E-state index in [1.807, 2.05) is 30.1 Å². The molecule has 1 aliphatic carbocycles. The van der Waals surface area contributed by atoms with Gasteiger partial charge < -0.3 is 10.1 Å². The molecule has 0 atom stereocenters. The van der Waals surface area contributed by atoms with Crippen LogP contribution >= 0.6 is 11.6 Å². The Kier molecular flexibility index (Phi) is 7.69. The average Bonchev–Trinajstić information content (AvgIpc) is 2.54. The number of likely N-dealkylation sites (N-methyl/N-ethyl adjacent to an activating group) is 1. The van der Waals surface area contributed by atoms with E-state index in [-0.39, 0.29) is 5.91 Å². The van der Waals surface area contributed by atoms with Gasteiger partial charge in [-0.1, -0.05) is 36.9 Å². The predicted molar refractivity (Wildman–Crippen MR) is 94.0 cm³/mol. The van der Waals surface area contributed by atoms with Gasteiger partial charge in [-0.15, -0.1) is 0 Å². The highest BCUT2D eigenvalue weighted by molar-refractivity contribution is 6.30. The molecule has 0 spiro atoms. The van der Waals surface area contributed by atoms with Crippen molar-refractivity contribution in [1.82, 2.24) is 10.2 Å². The van der Waals surface area contributed by atoms with E-state index < -0.39 is 0 Å². The highest BCUT2D eigenvalue weighted by atomic mass is 35.5. The van der Waals surface area contributed by atoms with Crippen molar-refractivity contribution in [3.05, 3.63) is 29.3 Å². The summed E-state index contributed by atoms with van der Waals surface area (Å²) in [7, 11) is 1.93. The zero-order valence-electron chi connectivity index (χ0n) is 13.9. The van der Waals surface area contributed by atoms with Crippen LogP contribution in [0.3, 0.4) is 0 Å². The van der Waals surface area contributed by atoms with E-state index in [1.165, 1.54) is 32.1 Å². The third-order valence-corrected chi connectivity index (χ3v) is 4.50. The first-order valence-corrected chi connectivity index (χ1v) is 8.85. The highest BCUT2D eigenvalue weighted by Gasteiger charge is 2.14. The molecule has 1 amide bonds. The van der Waals surface area contributed by atoms with Gasteiger partial charge in [-0.05, 0) is 44.0 Å². The highest BCUT2D eigenvalue weighted by Crippen LogP contribution is 2.22. The lowest BCUT2D eigenvalue weighted by Crippen LogP contribution is -2.39. The largest absolute Gasteiger partial charge is 0.492 e. The standard InChI is InChI=1S/C18H27ClN2O2/c1-21(10-11-23-17-9-5-8-16(19)12-17)14-18(22)20-13-15-6-3-2-4-7-15/h5,8-9,12,15H,2-4,6-7,10-11,13-14H2,1H3,(H,20,22). The molecule has 2 rings (SSSR count). The van der Waals surface area contributed by atoms with Crippen LogP contribution in [0.4, 0.5) is 0 Å². The second-order valence-electron chi connectivity index (χ2n) is 6.35. The van der Waals surface area contributed by atoms with Gasteiger partial charge in [0.05, 0.1) is 6.54 Å². The number of carbonyl (C=O) groups is 1. The fraction of sp³-hybridized carbons (Fsp3) is 0.611. The number of halogens is 1. The van der Waals surface area contributed by atoms with Gasteiger partial charge in [0.25, 0.3) is 0 Å². The van der Waals surface area contributed by atoms with Crippen LogP contribution in [-0.4, -0.2) is 44.1 Å². The molecule has 5 heteroatoms. The molecule has 1 fully saturated rings. The van der Waals surface area contributed by atoms with Gasteiger partial charge >= 0.3 is 0 Å². The molecular weight excluding hydrogens is 312 g/mol. The van der Waals surface area contributed by atoms with Crippen molar-refractivity contribution >= 4 is 17.5 Å². The number of carbonyl (C=O) groups excluding carboxylic acids is 1. The number of ether oxygens (including phenoxy) is 1. The normalized spacial score (nSPS) is 15.6. The molecule has 0 unspecified atom stereocenters. The fourth-order valence-electron chi connectivity index (χ4n) is 2.91. The molecule has 0 aromatic heterocycles. The monoisotopic (exact) mass is 338 g/mol. The number of nitrogens with zero attached hydrogens (tertiary/aromatic N) is 1. The smallest absolute Gasteiger partial charge is 0.234 e. The SMILES string of the molecule is CN(CCOc1cccc(Cl)c1)CC(=O)NCC1CCCCC1. The summed E-state index contributed by atoms with van der Waals surface area (Å²) in [5.41, 5.74) is 0. The molecule has 1 N–H and O–H groups in total. The van der Waals surface area contributed by atoms with Crippen LogP contribution in [0.2, 0.25) is 5.02 Å². The molecule has 1 aromatic carbocycles. The van der Waals surface area contributed by atoms with Gasteiger partial charge in [0.15, 0.2) is 0 Å². The van der Waals surface area contributed by atoms with Gasteiger partial charge in [-0.2, -0.15) is 0 Å². The van der Waals surface area contributed by atoms with E-state index in [2.05, 4.69) is 5.32 Å². The second kappa shape index (κ2) is 9.78. The summed E-state index contributed by atoms with van der Waals surface area (Å²) in [6.45, 7) is 2.47. The fourth-order valence-corrected chi connectivity index (χ4v) is 3.09. The summed E-state index contributed by atoms with van der Waals surface area (Å²) in [6, 6.07) is 7.35. The maximum Gasteiger partial charge on any atom is 0.234 e. The van der Waals surface area contributed by atoms with Crippen LogP contribution in [0.5, 0.6) is 5.75 Å². The van der Waals surface area contributed by atoms with E-state index in [4.69, 9.17) is 16.3 Å². The third kappa shape index (κ3) is 7.23. The van der Waals surface area contributed by atoms with Crippen LogP contribution < -0.4 is 10.1 Å². The van der Waals surface area contributed by atoms with Crippen molar-refractivity contribution in [1.29, 1.82) is 0 Å². The molecule has 23 heavy (non-hydrogen) atoms. The van der Waals surface area contributed by atoms with Crippen molar-refractivity contribution < 1.29 is 9.53 Å². The van der Waals surface area contributed by atoms with E-state index in [9.17, 15) is 4.79 Å². The first-order valence-electron chi connectivity index (χ1n) is 8.47. The second-order valence-corrected chi connectivity index (χ2v) is 6.79. The zero-order valence-corrected chi connectivity index (χ0v) is 14.6. The topological polar surface area (TPSA) is 41.6 Å². The molecule has 1 aliphatic rings. The Labute approximate surface area is 144 Å². The third-order valence-electron chi connectivity index (χ3n) is 4.26. The number of hydrogen-bond donors (Lipinski definition) is 1. The number of amides is 1. The summed E-state index contributed by atoms with van der Waals surface area (Å²) in [5.74, 6) is 1.53. The molecule has 0 heterocycles. The molecule has 128 valence electrons. The molecule has 0 bridgehead atoms. The Hall–Kier alpha value is -1.26. The quantitative estimate of drug-likeness (QED) is 0.790. The maximum atomic E-state index is 12.0. The Morgan fingerprint density at radius 2 is 2.13 bits per heavy atom. The van der Waals surface area contributed by atoms with E-state index in [0.717, 1.165) is 12.3 Å². The first-order chi connectivity index (χ1) is 11.1. The maximum absolute atomic E-state index is 12.0. The lowest BCUT2D eigenvalue weighted by molar-refractivity contribution is -0.122. The van der Waals surface area contributed by atoms with Crippen molar-refractivity contribution in [3.63, 3.8) is 0 Å². The summed E-state index contributed by atoms with van der Waals surface area (Å²) < 4.78 is 5.64. The molecule has 0 aliphatic heterocycles. The van der Waals surface area contributed by atoms with Crippen molar-refractivity contribution in [3.8, 4) is 5.75 Å². The summed E-state index contributed by atoms with van der Waals surface area (Å²) in [6.07, 6.45) is 6.47. The molecule has 1 saturated carbocycles. The summed E-state index contributed by atoms with van der Waals surface area (Å²) >= 11 is 5.91. The Morgan fingerprint density at radius 1 is 1.35 bits per heavy atom. The summed E-state index contributed by atoms with van der Waals surface area (Å²) in [5, 5.41) is 3.72. The molecule has 0 saturated heterocycles. The Morgan fingerprint density at radius 3 is 2.87 bits per heavy atom. The van der Waals surface area contributed by atoms with Crippen molar-refractivity contribution in [2.75, 3.05) is 33.3 Å². The molecular formula is C18H27ClN2O2. The number of benzene rings is 1. The van der Waals surface area contributed by atoms with Gasteiger partial charge in [0, 0.05) is 18.1 Å². The van der Waals surface area contributed by atoms with Crippen LogP contribution in [0, 0.1) is 5.92 Å². The lowest BCUT2D eigenvalue weighted by Gasteiger charge is -2.22. The van der Waals surface area contributed by atoms with E-state index in [0.29, 0.717) is 30.6 Å². The first kappa shape index (κ1) is 18.1. The molecule has 1 aromatic rings. The Balaban J connectivity index is 1.58. The van der Waals surface area contributed by atoms with Crippen LogP contribution in [0.15, 0.2) is 24.3 Å². The Bertz CT molecular complexity index is 490. The minimum atomic E-state index is 0.0980. The van der Waals surface area contributed by atoms with Crippen molar-refractivity contribution in [2.24, 2.45) is 5.92 Å². The van der Waals surface area contributed by atoms with Crippen LogP contribution in [0.25, 0.3) is 0 Å². The zero-order chi connectivity index (χ0) is 16.5. The number of rotatable bonds is 8. The number of hydrogen-bond acceptors (Lipinski definition) is 3. The van der Waals surface area contributed by atoms with Gasteiger partial charge in [-0.25, -0.2) is 0 Å². The lowest BCUT2D eigenvalue weighted by atomic mass is 9.89. The van der Waals surface area contributed by atoms with Gasteiger partial charge in [0.1, 0.15) is 12.4 Å². The van der Waals surface area contributed by atoms with Gasteiger partial charge in [-0.3, -0.25) is 9.69 Å². The minimum absolute atomic E-state index is 0.0980. The average molecular weight is 339 g/mol. The van der Waals surface area contributed by atoms with E-state index >= 15 is 0 Å². The molecule has 0 radical (unpaired) electrons. The number of nitrogens with one attached hydrogen (secondary N) is 1. The minimum Gasteiger partial charge on any atom is -0.492 e. The van der Waals surface area contributed by atoms with Crippen LogP contribution in [-0.2, 0) is 4.79 Å². The van der Waals surface area contributed by atoms with Crippen LogP contribution in [0.1, 0.15) is 32.1 Å². The molecule has 4 nitrogen and oxygen atoms in total. The van der Waals surface area contributed by atoms with Gasteiger partial charge in [0.2, 0.25) is 5.91 Å².